The molecule has 2 N–H and O–H groups in total. The van der Waals surface area contributed by atoms with Crippen molar-refractivity contribution in [1.29, 1.82) is 0 Å². The van der Waals surface area contributed by atoms with E-state index in [1.165, 1.54) is 18.2 Å². The van der Waals surface area contributed by atoms with Gasteiger partial charge in [0.1, 0.15) is 11.6 Å². The third kappa shape index (κ3) is 5.86. The smallest absolute Gasteiger partial charge is 0.260 e. The van der Waals surface area contributed by atoms with Crippen LogP contribution in [0.2, 0.25) is 0 Å². The monoisotopic (exact) mass is 408 g/mol. The lowest BCUT2D eigenvalue weighted by atomic mass is 10.2. The fraction of sp³-hybridized carbons (Fsp3) is 0.222. The molecular formula is C18H18BrFN2O3. The van der Waals surface area contributed by atoms with E-state index in [0.29, 0.717) is 22.3 Å². The second kappa shape index (κ2) is 9.17. The first-order valence-corrected chi connectivity index (χ1v) is 8.49. The van der Waals surface area contributed by atoms with Crippen LogP contribution in [0, 0.1) is 5.82 Å². The van der Waals surface area contributed by atoms with Gasteiger partial charge >= 0.3 is 0 Å². The second-order valence-corrected chi connectivity index (χ2v) is 6.10. The summed E-state index contributed by atoms with van der Waals surface area (Å²) in [5.74, 6) is -0.550. The topological polar surface area (TPSA) is 67.4 Å². The van der Waals surface area contributed by atoms with Gasteiger partial charge in [0.15, 0.2) is 6.10 Å². The van der Waals surface area contributed by atoms with Crippen LogP contribution in [0.4, 0.5) is 4.39 Å². The molecule has 0 heterocycles. The minimum absolute atomic E-state index is 0.200. The molecule has 132 valence electrons. The fourth-order valence-electron chi connectivity index (χ4n) is 2.01. The quantitative estimate of drug-likeness (QED) is 0.692. The Hall–Kier alpha value is -2.41. The van der Waals surface area contributed by atoms with E-state index in [2.05, 4.69) is 26.6 Å². The Morgan fingerprint density at radius 1 is 1.12 bits per heavy atom. The summed E-state index contributed by atoms with van der Waals surface area (Å²) in [6, 6.07) is 12.8. The number of nitrogens with one attached hydrogen (secondary N) is 2. The highest BCUT2D eigenvalue weighted by Gasteiger charge is 2.16. The predicted octanol–water partition coefficient (Wildman–Crippen LogP) is 2.90. The normalized spacial score (nSPS) is 11.5. The third-order valence-electron chi connectivity index (χ3n) is 3.31. The van der Waals surface area contributed by atoms with Crippen molar-refractivity contribution in [2.75, 3.05) is 13.1 Å². The summed E-state index contributed by atoms with van der Waals surface area (Å²) in [6.07, 6.45) is -0.758. The molecule has 2 amide bonds. The minimum atomic E-state index is -0.758. The molecule has 2 rings (SSSR count). The number of hydrogen-bond acceptors (Lipinski definition) is 3. The highest BCUT2D eigenvalue weighted by Crippen LogP contribution is 2.26. The molecule has 0 unspecified atom stereocenters. The number of carbonyl (C=O) groups excluding carboxylic acids is 2. The van der Waals surface area contributed by atoms with E-state index in [0.717, 1.165) is 0 Å². The van der Waals surface area contributed by atoms with E-state index in [9.17, 15) is 14.0 Å². The molecular weight excluding hydrogens is 391 g/mol. The van der Waals surface area contributed by atoms with Gasteiger partial charge in [0, 0.05) is 18.7 Å². The van der Waals surface area contributed by atoms with Crippen molar-refractivity contribution in [3.8, 4) is 5.75 Å². The first kappa shape index (κ1) is 18.9. The summed E-state index contributed by atoms with van der Waals surface area (Å²) >= 11 is 3.18. The molecule has 25 heavy (non-hydrogen) atoms. The first-order chi connectivity index (χ1) is 12.0. The summed E-state index contributed by atoms with van der Waals surface area (Å²) in [5, 5.41) is 5.39. The van der Waals surface area contributed by atoms with Crippen molar-refractivity contribution >= 4 is 27.7 Å². The van der Waals surface area contributed by atoms with Crippen molar-refractivity contribution in [1.82, 2.24) is 10.6 Å². The summed E-state index contributed by atoms with van der Waals surface area (Å²) in [5.41, 5.74) is 0.562. The van der Waals surface area contributed by atoms with Gasteiger partial charge in [0.05, 0.1) is 4.47 Å². The lowest BCUT2D eigenvalue weighted by Crippen LogP contribution is -2.40. The zero-order valence-corrected chi connectivity index (χ0v) is 15.2. The van der Waals surface area contributed by atoms with Crippen LogP contribution in [0.25, 0.3) is 0 Å². The Kier molecular flexibility index (Phi) is 6.94. The van der Waals surface area contributed by atoms with Crippen LogP contribution < -0.4 is 15.4 Å². The summed E-state index contributed by atoms with van der Waals surface area (Å²) in [4.78, 5) is 23.8. The van der Waals surface area contributed by atoms with Crippen molar-refractivity contribution in [2.24, 2.45) is 0 Å². The average Bonchev–Trinajstić information content (AvgIpc) is 2.61. The van der Waals surface area contributed by atoms with E-state index in [1.54, 1.807) is 31.2 Å². The Morgan fingerprint density at radius 3 is 2.48 bits per heavy atom. The zero-order chi connectivity index (χ0) is 18.2. The van der Waals surface area contributed by atoms with Gasteiger partial charge in [-0.15, -0.1) is 0 Å². The Bertz CT molecular complexity index is 740. The highest BCUT2D eigenvalue weighted by molar-refractivity contribution is 9.10. The number of benzene rings is 2. The van der Waals surface area contributed by atoms with Crippen LogP contribution >= 0.6 is 15.9 Å². The van der Waals surface area contributed by atoms with Crippen LogP contribution in [0.1, 0.15) is 17.3 Å². The van der Waals surface area contributed by atoms with Crippen LogP contribution in [-0.2, 0) is 4.79 Å². The molecule has 5 nitrogen and oxygen atoms in total. The van der Waals surface area contributed by atoms with Crippen molar-refractivity contribution in [3.63, 3.8) is 0 Å². The summed E-state index contributed by atoms with van der Waals surface area (Å²) < 4.78 is 19.0. The van der Waals surface area contributed by atoms with Crippen LogP contribution in [0.5, 0.6) is 5.75 Å². The predicted molar refractivity (Wildman–Crippen MR) is 96.0 cm³/mol. The van der Waals surface area contributed by atoms with Gasteiger partial charge in [-0.3, -0.25) is 9.59 Å². The van der Waals surface area contributed by atoms with Gasteiger partial charge in [-0.05, 0) is 53.2 Å². The van der Waals surface area contributed by atoms with E-state index < -0.39 is 11.9 Å². The molecule has 0 spiro atoms. The Morgan fingerprint density at radius 2 is 1.80 bits per heavy atom. The van der Waals surface area contributed by atoms with Gasteiger partial charge in [-0.1, -0.05) is 18.2 Å². The Labute approximate surface area is 153 Å². The molecule has 0 saturated carbocycles. The van der Waals surface area contributed by atoms with Gasteiger partial charge in [0.2, 0.25) is 0 Å². The lowest BCUT2D eigenvalue weighted by molar-refractivity contribution is -0.127. The number of halogens is 2. The second-order valence-electron chi connectivity index (χ2n) is 5.25. The largest absolute Gasteiger partial charge is 0.480 e. The van der Waals surface area contributed by atoms with E-state index in [1.807, 2.05) is 6.07 Å². The summed E-state index contributed by atoms with van der Waals surface area (Å²) in [7, 11) is 0. The van der Waals surface area contributed by atoms with E-state index in [-0.39, 0.29) is 18.4 Å². The maximum Gasteiger partial charge on any atom is 0.260 e. The van der Waals surface area contributed by atoms with Crippen molar-refractivity contribution in [3.05, 3.63) is 64.4 Å². The number of carbonyl (C=O) groups is 2. The van der Waals surface area contributed by atoms with Crippen LogP contribution in [-0.4, -0.2) is 31.0 Å². The molecule has 2 aromatic rings. The van der Waals surface area contributed by atoms with Crippen molar-refractivity contribution in [2.45, 2.75) is 13.0 Å². The van der Waals surface area contributed by atoms with Gasteiger partial charge in [0.25, 0.3) is 11.8 Å². The SMILES string of the molecule is C[C@H](Oc1ccc(F)cc1Br)C(=O)NCCNC(=O)c1ccccc1. The molecule has 0 fully saturated rings. The highest BCUT2D eigenvalue weighted by atomic mass is 79.9. The molecule has 0 aliphatic carbocycles. The molecule has 7 heteroatoms. The van der Waals surface area contributed by atoms with Crippen LogP contribution in [0.3, 0.4) is 0 Å². The average molecular weight is 409 g/mol. The fourth-order valence-corrected chi connectivity index (χ4v) is 2.46. The number of amides is 2. The standard InChI is InChI=1S/C18H18BrFN2O3/c1-12(25-16-8-7-14(20)11-15(16)19)17(23)21-9-10-22-18(24)13-5-3-2-4-6-13/h2-8,11-12H,9-10H2,1H3,(H,21,23)(H,22,24)/t12-/m0/s1. The summed E-state index contributed by atoms with van der Waals surface area (Å²) in [6.45, 7) is 2.16. The molecule has 0 bridgehead atoms. The molecule has 0 saturated heterocycles. The van der Waals surface area contributed by atoms with E-state index >= 15 is 0 Å². The zero-order valence-electron chi connectivity index (χ0n) is 13.6. The van der Waals surface area contributed by atoms with Gasteiger partial charge in [-0.25, -0.2) is 4.39 Å². The van der Waals surface area contributed by atoms with Crippen LogP contribution in [0.15, 0.2) is 53.0 Å². The molecule has 2 aromatic carbocycles. The molecule has 0 aliphatic rings. The number of rotatable bonds is 7. The lowest BCUT2D eigenvalue weighted by Gasteiger charge is -2.16. The minimum Gasteiger partial charge on any atom is -0.480 e. The third-order valence-corrected chi connectivity index (χ3v) is 3.93. The van der Waals surface area contributed by atoms with Crippen molar-refractivity contribution < 1.29 is 18.7 Å². The van der Waals surface area contributed by atoms with Gasteiger partial charge < -0.3 is 15.4 Å². The first-order valence-electron chi connectivity index (χ1n) is 7.70. The molecule has 0 aromatic heterocycles. The number of hydrogen-bond donors (Lipinski definition) is 2. The molecule has 1 atom stereocenters. The van der Waals surface area contributed by atoms with E-state index in [4.69, 9.17) is 4.74 Å². The maximum atomic E-state index is 13.0. The Balaban J connectivity index is 1.73. The molecule has 0 aliphatic heterocycles. The number of ether oxygens (including phenoxy) is 1. The maximum absolute atomic E-state index is 13.0. The molecule has 0 radical (unpaired) electrons. The van der Waals surface area contributed by atoms with Gasteiger partial charge in [-0.2, -0.15) is 0 Å².